The largest absolute Gasteiger partial charge is 0.497 e. The Kier molecular flexibility index (Phi) is 3.19. The fourth-order valence-electron chi connectivity index (χ4n) is 2.05. The molecule has 0 saturated heterocycles. The van der Waals surface area contributed by atoms with Crippen LogP contribution in [-0.4, -0.2) is 26.6 Å². The Morgan fingerprint density at radius 2 is 2.12 bits per heavy atom. The van der Waals surface area contributed by atoms with E-state index in [1.807, 2.05) is 0 Å². The number of rotatable bonds is 3. The Bertz CT molecular complexity index is 533. The molecule has 17 heavy (non-hydrogen) atoms. The molecule has 1 aromatic rings. The van der Waals surface area contributed by atoms with Crippen LogP contribution in [0, 0.1) is 0 Å². The first-order valence-corrected chi connectivity index (χ1v) is 7.01. The number of ether oxygens (including phenoxy) is 1. The fourth-order valence-corrected chi connectivity index (χ4v) is 3.87. The third-order valence-corrected chi connectivity index (χ3v) is 5.15. The van der Waals surface area contributed by atoms with Gasteiger partial charge in [0.1, 0.15) is 11.0 Å². The Hall–Kier alpha value is -1.36. The van der Waals surface area contributed by atoms with Crippen molar-refractivity contribution in [2.24, 2.45) is 0 Å². The van der Waals surface area contributed by atoms with E-state index in [9.17, 15) is 13.2 Å². The van der Waals surface area contributed by atoms with Crippen molar-refractivity contribution in [3.05, 3.63) is 24.3 Å². The molecule has 1 saturated carbocycles. The number of sulfone groups is 1. The van der Waals surface area contributed by atoms with E-state index in [1.165, 1.54) is 19.2 Å². The molecule has 1 unspecified atom stereocenters. The molecule has 5 heteroatoms. The highest BCUT2D eigenvalue weighted by Crippen LogP contribution is 2.28. The van der Waals surface area contributed by atoms with Gasteiger partial charge in [-0.15, -0.1) is 0 Å². The Labute approximate surface area is 101 Å². The minimum Gasteiger partial charge on any atom is -0.497 e. The second-order valence-corrected chi connectivity index (χ2v) is 6.20. The van der Waals surface area contributed by atoms with E-state index in [4.69, 9.17) is 4.74 Å². The first kappa shape index (κ1) is 12.1. The zero-order chi connectivity index (χ0) is 12.5. The highest BCUT2D eigenvalue weighted by molar-refractivity contribution is 7.92. The molecular formula is C12H14O4S. The predicted molar refractivity (Wildman–Crippen MR) is 62.8 cm³/mol. The third-order valence-electron chi connectivity index (χ3n) is 2.99. The maximum Gasteiger partial charge on any atom is 0.188 e. The first-order valence-electron chi connectivity index (χ1n) is 5.46. The molecule has 92 valence electrons. The van der Waals surface area contributed by atoms with Gasteiger partial charge in [0.2, 0.25) is 0 Å². The zero-order valence-electron chi connectivity index (χ0n) is 9.55. The van der Waals surface area contributed by atoms with Gasteiger partial charge in [-0.2, -0.15) is 0 Å². The minimum absolute atomic E-state index is 0.164. The molecule has 0 aromatic heterocycles. The van der Waals surface area contributed by atoms with Crippen LogP contribution in [0.1, 0.15) is 19.3 Å². The number of benzene rings is 1. The van der Waals surface area contributed by atoms with Crippen LogP contribution in [0.2, 0.25) is 0 Å². The van der Waals surface area contributed by atoms with Gasteiger partial charge in [0.15, 0.2) is 15.6 Å². The summed E-state index contributed by atoms with van der Waals surface area (Å²) < 4.78 is 29.5. The summed E-state index contributed by atoms with van der Waals surface area (Å²) in [6, 6.07) is 6.25. The molecule has 4 nitrogen and oxygen atoms in total. The molecule has 1 fully saturated rings. The Morgan fingerprint density at radius 1 is 1.35 bits per heavy atom. The molecule has 2 rings (SSSR count). The van der Waals surface area contributed by atoms with Crippen LogP contribution >= 0.6 is 0 Å². The minimum atomic E-state index is -3.55. The van der Waals surface area contributed by atoms with Crippen LogP contribution in [0.25, 0.3) is 0 Å². The van der Waals surface area contributed by atoms with Gasteiger partial charge in [0.05, 0.1) is 12.0 Å². The molecule has 0 radical (unpaired) electrons. The molecule has 1 aliphatic rings. The quantitative estimate of drug-likeness (QED) is 0.821. The van der Waals surface area contributed by atoms with Crippen LogP contribution in [0.4, 0.5) is 0 Å². The summed E-state index contributed by atoms with van der Waals surface area (Å²) in [5.74, 6) is 0.310. The van der Waals surface area contributed by atoms with Gasteiger partial charge in [0.25, 0.3) is 0 Å². The lowest BCUT2D eigenvalue weighted by Gasteiger charge is -2.10. The van der Waals surface area contributed by atoms with E-state index in [0.717, 1.165) is 0 Å². The number of ketones is 1. The molecule has 0 amide bonds. The van der Waals surface area contributed by atoms with Crippen molar-refractivity contribution in [3.8, 4) is 5.75 Å². The smallest absolute Gasteiger partial charge is 0.188 e. The van der Waals surface area contributed by atoms with Crippen LogP contribution in [-0.2, 0) is 14.6 Å². The lowest BCUT2D eigenvalue weighted by atomic mass is 10.3. The van der Waals surface area contributed by atoms with Gasteiger partial charge in [-0.05, 0) is 31.0 Å². The number of carbonyl (C=O) groups is 1. The van der Waals surface area contributed by atoms with E-state index in [0.29, 0.717) is 25.0 Å². The van der Waals surface area contributed by atoms with Crippen molar-refractivity contribution < 1.29 is 17.9 Å². The summed E-state index contributed by atoms with van der Waals surface area (Å²) in [4.78, 5) is 11.7. The number of methoxy groups -OCH3 is 1. The lowest BCUT2D eigenvalue weighted by Crippen LogP contribution is -2.25. The Morgan fingerprint density at radius 3 is 2.71 bits per heavy atom. The highest BCUT2D eigenvalue weighted by atomic mass is 32.2. The highest BCUT2D eigenvalue weighted by Gasteiger charge is 2.37. The van der Waals surface area contributed by atoms with E-state index in [2.05, 4.69) is 0 Å². The monoisotopic (exact) mass is 254 g/mol. The normalized spacial score (nSPS) is 20.5. The summed E-state index contributed by atoms with van der Waals surface area (Å²) >= 11 is 0. The van der Waals surface area contributed by atoms with E-state index < -0.39 is 15.1 Å². The molecule has 1 atom stereocenters. The summed E-state index contributed by atoms with van der Waals surface area (Å²) in [5.41, 5.74) is 0. The van der Waals surface area contributed by atoms with Crippen molar-refractivity contribution in [1.82, 2.24) is 0 Å². The number of hydrogen-bond donors (Lipinski definition) is 0. The van der Waals surface area contributed by atoms with Crippen LogP contribution in [0.5, 0.6) is 5.75 Å². The number of hydrogen-bond acceptors (Lipinski definition) is 4. The van der Waals surface area contributed by atoms with Gasteiger partial charge in [-0.3, -0.25) is 4.79 Å². The average Bonchev–Trinajstić information content (AvgIpc) is 2.76. The van der Waals surface area contributed by atoms with Crippen molar-refractivity contribution in [3.63, 3.8) is 0 Å². The molecule has 0 bridgehead atoms. The van der Waals surface area contributed by atoms with Gasteiger partial charge >= 0.3 is 0 Å². The summed E-state index contributed by atoms with van der Waals surface area (Å²) in [6.07, 6.45) is 1.46. The van der Waals surface area contributed by atoms with Crippen LogP contribution in [0.15, 0.2) is 29.2 Å². The second kappa shape index (κ2) is 4.49. The lowest BCUT2D eigenvalue weighted by molar-refractivity contribution is -0.117. The van der Waals surface area contributed by atoms with Gasteiger partial charge in [0, 0.05) is 6.42 Å². The SMILES string of the molecule is COc1cccc(S(=O)(=O)C2CCCC2=O)c1. The van der Waals surface area contributed by atoms with Crippen molar-refractivity contribution in [1.29, 1.82) is 0 Å². The average molecular weight is 254 g/mol. The fraction of sp³-hybridized carbons (Fsp3) is 0.417. The number of Topliss-reactive ketones (excluding diaryl/α,β-unsaturated/α-hetero) is 1. The molecule has 1 aliphatic carbocycles. The second-order valence-electron chi connectivity index (χ2n) is 4.07. The van der Waals surface area contributed by atoms with Crippen LogP contribution in [0.3, 0.4) is 0 Å². The van der Waals surface area contributed by atoms with E-state index >= 15 is 0 Å². The predicted octanol–water partition coefficient (Wildman–Crippen LogP) is 1.59. The maximum absolute atomic E-state index is 12.2. The summed E-state index contributed by atoms with van der Waals surface area (Å²) in [5, 5.41) is -0.866. The van der Waals surface area contributed by atoms with Crippen molar-refractivity contribution in [2.45, 2.75) is 29.4 Å². The molecule has 0 heterocycles. The first-order chi connectivity index (χ1) is 8.05. The van der Waals surface area contributed by atoms with Gasteiger partial charge < -0.3 is 4.74 Å². The Balaban J connectivity index is 2.40. The third kappa shape index (κ3) is 2.20. The standard InChI is InChI=1S/C12H14O4S/c1-16-9-4-2-5-10(8-9)17(14,15)12-7-3-6-11(12)13/h2,4-5,8,12H,3,6-7H2,1H3. The maximum atomic E-state index is 12.2. The summed E-state index contributed by atoms with van der Waals surface area (Å²) in [6.45, 7) is 0. The van der Waals surface area contributed by atoms with Crippen LogP contribution < -0.4 is 4.74 Å². The molecule has 0 spiro atoms. The summed E-state index contributed by atoms with van der Waals surface area (Å²) in [7, 11) is -2.07. The topological polar surface area (TPSA) is 60.4 Å². The van der Waals surface area contributed by atoms with E-state index in [1.54, 1.807) is 12.1 Å². The van der Waals surface area contributed by atoms with Gasteiger partial charge in [-0.25, -0.2) is 8.42 Å². The molecular weight excluding hydrogens is 240 g/mol. The van der Waals surface area contributed by atoms with E-state index in [-0.39, 0.29) is 10.7 Å². The van der Waals surface area contributed by atoms with Crippen molar-refractivity contribution in [2.75, 3.05) is 7.11 Å². The number of carbonyl (C=O) groups excluding carboxylic acids is 1. The van der Waals surface area contributed by atoms with Gasteiger partial charge in [-0.1, -0.05) is 6.07 Å². The molecule has 0 aliphatic heterocycles. The van der Waals surface area contributed by atoms with Crippen molar-refractivity contribution >= 4 is 15.6 Å². The molecule has 1 aromatic carbocycles. The molecule has 0 N–H and O–H groups in total. The zero-order valence-corrected chi connectivity index (χ0v) is 10.4.